The van der Waals surface area contributed by atoms with Crippen LogP contribution in [0.3, 0.4) is 0 Å². The van der Waals surface area contributed by atoms with Crippen LogP contribution in [0.25, 0.3) is 0 Å². The summed E-state index contributed by atoms with van der Waals surface area (Å²) in [6, 6.07) is 10.1. The van der Waals surface area contributed by atoms with E-state index in [-0.39, 0.29) is 11.4 Å². The van der Waals surface area contributed by atoms with Crippen LogP contribution < -0.4 is 10.6 Å². The summed E-state index contributed by atoms with van der Waals surface area (Å²) in [5.41, 5.74) is 1.26. The summed E-state index contributed by atoms with van der Waals surface area (Å²) >= 11 is 0. The van der Waals surface area contributed by atoms with Gasteiger partial charge in [0.15, 0.2) is 0 Å². The molecule has 4 heteroatoms. The molecule has 2 N–H and O–H groups in total. The van der Waals surface area contributed by atoms with E-state index in [1.165, 1.54) is 0 Å². The second-order valence-corrected chi connectivity index (χ2v) is 6.82. The highest BCUT2D eigenvalue weighted by molar-refractivity contribution is 5.78. The van der Waals surface area contributed by atoms with Crippen LogP contribution in [0.2, 0.25) is 0 Å². The number of hydrogen-bond acceptors (Lipinski definition) is 3. The van der Waals surface area contributed by atoms with Gasteiger partial charge in [-0.2, -0.15) is 0 Å². The molecule has 2 aliphatic heterocycles. The molecule has 2 saturated heterocycles. The average molecular weight is 287 g/mol. The molecule has 2 atom stereocenters. The van der Waals surface area contributed by atoms with Gasteiger partial charge in [0.05, 0.1) is 6.54 Å². The summed E-state index contributed by atoms with van der Waals surface area (Å²) in [7, 11) is 0. The summed E-state index contributed by atoms with van der Waals surface area (Å²) in [6.07, 6.45) is 0. The Morgan fingerprint density at radius 3 is 2.81 bits per heavy atom. The zero-order chi connectivity index (χ0) is 14.9. The first-order valence-electron chi connectivity index (χ1n) is 7.84. The number of carbonyl (C=O) groups is 1. The normalized spacial score (nSPS) is 27.5. The fourth-order valence-electron chi connectivity index (χ4n) is 3.80. The monoisotopic (exact) mass is 287 g/mol. The first-order valence-corrected chi connectivity index (χ1v) is 7.84. The molecule has 0 radical (unpaired) electrons. The Hall–Kier alpha value is -1.39. The minimum Gasteiger partial charge on any atom is -0.351 e. The van der Waals surface area contributed by atoms with Gasteiger partial charge in [-0.3, -0.25) is 9.69 Å². The molecule has 0 aliphatic carbocycles. The second-order valence-electron chi connectivity index (χ2n) is 6.82. The van der Waals surface area contributed by atoms with E-state index >= 15 is 0 Å². The van der Waals surface area contributed by atoms with Crippen molar-refractivity contribution < 1.29 is 4.79 Å². The van der Waals surface area contributed by atoms with Gasteiger partial charge in [0, 0.05) is 25.2 Å². The zero-order valence-electron chi connectivity index (χ0n) is 12.9. The average Bonchev–Trinajstić information content (AvgIpc) is 3.02. The summed E-state index contributed by atoms with van der Waals surface area (Å²) < 4.78 is 0. The van der Waals surface area contributed by atoms with Crippen LogP contribution in [-0.4, -0.2) is 42.5 Å². The third-order valence-corrected chi connectivity index (χ3v) is 5.18. The SMILES string of the molecule is CC1(C)C2CNCC2CN1CC(=O)NCc1ccccc1. The number of fused-ring (bicyclic) bond motifs is 1. The van der Waals surface area contributed by atoms with Crippen molar-refractivity contribution in [2.24, 2.45) is 11.8 Å². The standard InChI is InChI=1S/C17H25N3O/c1-17(2)15-10-18-9-14(15)11-20(17)12-16(21)19-8-13-6-4-3-5-7-13/h3-7,14-15,18H,8-12H2,1-2H3,(H,19,21). The van der Waals surface area contributed by atoms with Crippen molar-refractivity contribution in [2.45, 2.75) is 25.9 Å². The summed E-state index contributed by atoms with van der Waals surface area (Å²) in [6.45, 7) is 8.87. The fraction of sp³-hybridized carbons (Fsp3) is 0.588. The smallest absolute Gasteiger partial charge is 0.234 e. The van der Waals surface area contributed by atoms with Gasteiger partial charge in [-0.1, -0.05) is 30.3 Å². The maximum atomic E-state index is 12.2. The van der Waals surface area contributed by atoms with Gasteiger partial charge < -0.3 is 10.6 Å². The number of benzene rings is 1. The predicted octanol–water partition coefficient (Wildman–Crippen LogP) is 1.23. The second kappa shape index (κ2) is 5.78. The maximum Gasteiger partial charge on any atom is 0.234 e. The Morgan fingerprint density at radius 1 is 1.33 bits per heavy atom. The first kappa shape index (κ1) is 14.5. The van der Waals surface area contributed by atoms with E-state index in [1.54, 1.807) is 0 Å². The third kappa shape index (κ3) is 2.97. The molecule has 3 rings (SSSR count). The van der Waals surface area contributed by atoms with Crippen LogP contribution in [0.15, 0.2) is 30.3 Å². The van der Waals surface area contributed by atoms with Crippen LogP contribution in [0.1, 0.15) is 19.4 Å². The van der Waals surface area contributed by atoms with Gasteiger partial charge in [0.25, 0.3) is 0 Å². The van der Waals surface area contributed by atoms with Gasteiger partial charge in [-0.25, -0.2) is 0 Å². The minimum atomic E-state index is 0.109. The molecule has 2 heterocycles. The van der Waals surface area contributed by atoms with Gasteiger partial charge in [0.1, 0.15) is 0 Å². The van der Waals surface area contributed by atoms with Crippen LogP contribution in [0.5, 0.6) is 0 Å². The molecule has 4 nitrogen and oxygen atoms in total. The van der Waals surface area contributed by atoms with E-state index in [0.29, 0.717) is 24.9 Å². The highest BCUT2D eigenvalue weighted by atomic mass is 16.2. The summed E-state index contributed by atoms with van der Waals surface area (Å²) in [5, 5.41) is 6.51. The molecule has 0 spiro atoms. The molecule has 1 aromatic rings. The van der Waals surface area contributed by atoms with E-state index in [4.69, 9.17) is 0 Å². The Morgan fingerprint density at radius 2 is 2.10 bits per heavy atom. The molecule has 114 valence electrons. The summed E-state index contributed by atoms with van der Waals surface area (Å²) in [4.78, 5) is 14.6. The molecule has 1 aromatic carbocycles. The van der Waals surface area contributed by atoms with E-state index < -0.39 is 0 Å². The number of amides is 1. The highest BCUT2D eigenvalue weighted by Gasteiger charge is 2.49. The lowest BCUT2D eigenvalue weighted by Crippen LogP contribution is -2.48. The van der Waals surface area contributed by atoms with Crippen molar-refractivity contribution in [1.29, 1.82) is 0 Å². The van der Waals surface area contributed by atoms with Crippen molar-refractivity contribution in [3.63, 3.8) is 0 Å². The number of rotatable bonds is 4. The molecular weight excluding hydrogens is 262 g/mol. The van der Waals surface area contributed by atoms with Gasteiger partial charge >= 0.3 is 0 Å². The molecule has 0 aromatic heterocycles. The van der Waals surface area contributed by atoms with Crippen molar-refractivity contribution in [1.82, 2.24) is 15.5 Å². The Kier molecular flexibility index (Phi) is 4.00. The largest absolute Gasteiger partial charge is 0.351 e. The van der Waals surface area contributed by atoms with Crippen LogP contribution in [0.4, 0.5) is 0 Å². The highest BCUT2D eigenvalue weighted by Crippen LogP contribution is 2.40. The van der Waals surface area contributed by atoms with E-state index in [0.717, 1.165) is 25.2 Å². The fourth-order valence-corrected chi connectivity index (χ4v) is 3.80. The first-order chi connectivity index (χ1) is 10.1. The number of carbonyl (C=O) groups excluding carboxylic acids is 1. The molecule has 0 bridgehead atoms. The molecule has 21 heavy (non-hydrogen) atoms. The van der Waals surface area contributed by atoms with Gasteiger partial charge in [-0.15, -0.1) is 0 Å². The Labute approximate surface area is 126 Å². The summed E-state index contributed by atoms with van der Waals surface area (Å²) in [5.74, 6) is 1.49. The van der Waals surface area contributed by atoms with E-state index in [9.17, 15) is 4.79 Å². The van der Waals surface area contributed by atoms with Crippen molar-refractivity contribution >= 4 is 5.91 Å². The lowest BCUT2D eigenvalue weighted by atomic mass is 9.85. The quantitative estimate of drug-likeness (QED) is 0.875. The van der Waals surface area contributed by atoms with Crippen molar-refractivity contribution in [3.05, 3.63) is 35.9 Å². The van der Waals surface area contributed by atoms with Gasteiger partial charge in [0.2, 0.25) is 5.91 Å². The molecule has 2 fully saturated rings. The number of likely N-dealkylation sites (tertiary alicyclic amines) is 1. The maximum absolute atomic E-state index is 12.2. The van der Waals surface area contributed by atoms with Gasteiger partial charge in [-0.05, 0) is 37.8 Å². The van der Waals surface area contributed by atoms with Crippen LogP contribution >= 0.6 is 0 Å². The Bertz CT molecular complexity index is 500. The van der Waals surface area contributed by atoms with Crippen LogP contribution in [0, 0.1) is 11.8 Å². The Balaban J connectivity index is 1.53. The number of hydrogen-bond donors (Lipinski definition) is 2. The third-order valence-electron chi connectivity index (χ3n) is 5.18. The molecule has 1 amide bonds. The lowest BCUT2D eigenvalue weighted by molar-refractivity contribution is -0.123. The number of nitrogens with one attached hydrogen (secondary N) is 2. The zero-order valence-corrected chi connectivity index (χ0v) is 12.9. The molecule has 0 saturated carbocycles. The molecular formula is C17H25N3O. The van der Waals surface area contributed by atoms with E-state index in [1.807, 2.05) is 30.3 Å². The lowest BCUT2D eigenvalue weighted by Gasteiger charge is -2.35. The van der Waals surface area contributed by atoms with Crippen molar-refractivity contribution in [3.8, 4) is 0 Å². The van der Waals surface area contributed by atoms with E-state index in [2.05, 4.69) is 29.4 Å². The number of nitrogens with zero attached hydrogens (tertiary/aromatic N) is 1. The molecule has 2 aliphatic rings. The minimum absolute atomic E-state index is 0.109. The van der Waals surface area contributed by atoms with Crippen LogP contribution in [-0.2, 0) is 11.3 Å². The predicted molar refractivity (Wildman–Crippen MR) is 83.8 cm³/mol. The topological polar surface area (TPSA) is 44.4 Å². The van der Waals surface area contributed by atoms with Crippen molar-refractivity contribution in [2.75, 3.05) is 26.2 Å². The molecule has 2 unspecified atom stereocenters.